The molecule has 7 heteroatoms. The summed E-state index contributed by atoms with van der Waals surface area (Å²) < 4.78 is 27.9. The summed E-state index contributed by atoms with van der Waals surface area (Å²) >= 11 is 3.41. The van der Waals surface area contributed by atoms with E-state index < -0.39 is 10.0 Å². The van der Waals surface area contributed by atoms with Crippen LogP contribution >= 0.6 is 15.9 Å². The molecule has 1 aromatic carbocycles. The van der Waals surface area contributed by atoms with E-state index in [1.54, 1.807) is 24.5 Å². The largest absolute Gasteiger partial charge is 0.314 e. The lowest BCUT2D eigenvalue weighted by atomic mass is 10.2. The number of hydrogen-bond acceptors (Lipinski definition) is 4. The molecule has 1 fully saturated rings. The fourth-order valence-corrected chi connectivity index (χ4v) is 4.77. The van der Waals surface area contributed by atoms with Gasteiger partial charge in [-0.1, -0.05) is 12.1 Å². The van der Waals surface area contributed by atoms with Crippen molar-refractivity contribution >= 4 is 36.7 Å². The molecular formula is C13H14BrN3O2S. The maximum atomic E-state index is 12.8. The molecule has 1 saturated heterocycles. The molecule has 1 aliphatic rings. The molecule has 1 aromatic heterocycles. The average molecular weight is 356 g/mol. The number of benzene rings is 1. The van der Waals surface area contributed by atoms with Gasteiger partial charge in [-0.15, -0.1) is 0 Å². The third kappa shape index (κ3) is 2.35. The monoisotopic (exact) mass is 355 g/mol. The lowest BCUT2D eigenvalue weighted by molar-refractivity contribution is 0.360. The molecule has 20 heavy (non-hydrogen) atoms. The van der Waals surface area contributed by atoms with Crippen molar-refractivity contribution in [2.45, 2.75) is 4.90 Å². The molecule has 0 aliphatic carbocycles. The molecule has 0 saturated carbocycles. The number of sulfonamides is 1. The van der Waals surface area contributed by atoms with Crippen LogP contribution in [0.1, 0.15) is 0 Å². The van der Waals surface area contributed by atoms with Gasteiger partial charge < -0.3 is 5.32 Å². The Hall–Kier alpha value is -1.02. The van der Waals surface area contributed by atoms with Gasteiger partial charge in [0, 0.05) is 53.8 Å². The molecular weight excluding hydrogens is 342 g/mol. The van der Waals surface area contributed by atoms with E-state index in [2.05, 4.69) is 26.2 Å². The minimum atomic E-state index is -3.48. The second-order valence-electron chi connectivity index (χ2n) is 4.63. The first-order chi connectivity index (χ1) is 9.60. The van der Waals surface area contributed by atoms with Gasteiger partial charge in [-0.2, -0.15) is 4.31 Å². The van der Waals surface area contributed by atoms with Crippen LogP contribution in [-0.2, 0) is 10.0 Å². The van der Waals surface area contributed by atoms with E-state index in [4.69, 9.17) is 0 Å². The Morgan fingerprint density at radius 1 is 1.20 bits per heavy atom. The summed E-state index contributed by atoms with van der Waals surface area (Å²) in [5.41, 5.74) is 0. The minimum Gasteiger partial charge on any atom is -0.314 e. The number of piperazine rings is 1. The molecule has 106 valence electrons. The van der Waals surface area contributed by atoms with E-state index in [1.807, 2.05) is 6.07 Å². The van der Waals surface area contributed by atoms with Crippen LogP contribution in [0.25, 0.3) is 10.8 Å². The SMILES string of the molecule is O=S(=O)(c1cccc2cncc(Br)c12)N1CCNCC1. The molecule has 1 N–H and O–H groups in total. The molecule has 0 atom stereocenters. The van der Waals surface area contributed by atoms with E-state index >= 15 is 0 Å². The van der Waals surface area contributed by atoms with Gasteiger partial charge in [-0.3, -0.25) is 4.98 Å². The van der Waals surface area contributed by atoms with Crippen molar-refractivity contribution in [2.75, 3.05) is 26.2 Å². The summed E-state index contributed by atoms with van der Waals surface area (Å²) in [7, 11) is -3.48. The summed E-state index contributed by atoms with van der Waals surface area (Å²) in [6.45, 7) is 2.38. The standard InChI is InChI=1S/C13H14BrN3O2S/c14-11-9-16-8-10-2-1-3-12(13(10)11)20(18,19)17-6-4-15-5-7-17/h1-3,8-9,15H,4-7H2. The van der Waals surface area contributed by atoms with Crippen LogP contribution in [0.2, 0.25) is 0 Å². The number of nitrogens with one attached hydrogen (secondary N) is 1. The normalized spacial score (nSPS) is 17.4. The van der Waals surface area contributed by atoms with E-state index in [-0.39, 0.29) is 0 Å². The maximum absolute atomic E-state index is 12.8. The van der Waals surface area contributed by atoms with E-state index in [0.29, 0.717) is 40.9 Å². The molecule has 0 spiro atoms. The highest BCUT2D eigenvalue weighted by Gasteiger charge is 2.27. The van der Waals surface area contributed by atoms with Crippen molar-refractivity contribution in [2.24, 2.45) is 0 Å². The quantitative estimate of drug-likeness (QED) is 0.888. The Morgan fingerprint density at radius 3 is 2.70 bits per heavy atom. The molecule has 1 aliphatic heterocycles. The van der Waals surface area contributed by atoms with Gasteiger partial charge in [-0.05, 0) is 22.0 Å². The molecule has 2 aromatic rings. The van der Waals surface area contributed by atoms with Gasteiger partial charge in [0.15, 0.2) is 0 Å². The van der Waals surface area contributed by atoms with Gasteiger partial charge in [0.05, 0.1) is 4.90 Å². The smallest absolute Gasteiger partial charge is 0.243 e. The first-order valence-corrected chi connectivity index (χ1v) is 8.57. The summed E-state index contributed by atoms with van der Waals surface area (Å²) in [6.07, 6.45) is 3.30. The fraction of sp³-hybridized carbons (Fsp3) is 0.308. The first kappa shape index (κ1) is 13.9. The van der Waals surface area contributed by atoms with Crippen LogP contribution in [0, 0.1) is 0 Å². The minimum absolute atomic E-state index is 0.339. The second kappa shape index (κ2) is 5.40. The topological polar surface area (TPSA) is 62.3 Å². The first-order valence-electron chi connectivity index (χ1n) is 6.34. The van der Waals surface area contributed by atoms with E-state index in [0.717, 1.165) is 5.39 Å². The lowest BCUT2D eigenvalue weighted by Crippen LogP contribution is -2.46. The van der Waals surface area contributed by atoms with E-state index in [1.165, 1.54) is 4.31 Å². The van der Waals surface area contributed by atoms with E-state index in [9.17, 15) is 8.42 Å². The Bertz CT molecular complexity index is 737. The number of rotatable bonds is 2. The van der Waals surface area contributed by atoms with Crippen molar-refractivity contribution in [3.05, 3.63) is 35.1 Å². The fourth-order valence-electron chi connectivity index (χ4n) is 2.40. The number of hydrogen-bond donors (Lipinski definition) is 1. The van der Waals surface area contributed by atoms with Crippen LogP contribution in [0.4, 0.5) is 0 Å². The molecule has 2 heterocycles. The molecule has 0 radical (unpaired) electrons. The van der Waals surface area contributed by atoms with Crippen molar-refractivity contribution in [1.82, 2.24) is 14.6 Å². The summed E-state index contributed by atoms with van der Waals surface area (Å²) in [6, 6.07) is 5.28. The molecule has 5 nitrogen and oxygen atoms in total. The zero-order valence-corrected chi connectivity index (χ0v) is 13.1. The summed E-state index contributed by atoms with van der Waals surface area (Å²) in [5, 5.41) is 4.67. The predicted molar refractivity (Wildman–Crippen MR) is 81.1 cm³/mol. The Kier molecular flexibility index (Phi) is 3.76. The Labute approximate surface area is 126 Å². The molecule has 3 rings (SSSR count). The number of halogens is 1. The average Bonchev–Trinajstić information content (AvgIpc) is 2.48. The van der Waals surface area contributed by atoms with Crippen LogP contribution in [0.3, 0.4) is 0 Å². The van der Waals surface area contributed by atoms with Crippen molar-refractivity contribution in [3.8, 4) is 0 Å². The van der Waals surface area contributed by atoms with Crippen LogP contribution in [0.5, 0.6) is 0 Å². The molecule has 0 amide bonds. The van der Waals surface area contributed by atoms with Crippen LogP contribution in [-0.4, -0.2) is 43.9 Å². The summed E-state index contributed by atoms with van der Waals surface area (Å²) in [5.74, 6) is 0. The van der Waals surface area contributed by atoms with Crippen LogP contribution in [0.15, 0.2) is 40.0 Å². The number of pyridine rings is 1. The van der Waals surface area contributed by atoms with Crippen molar-refractivity contribution in [1.29, 1.82) is 0 Å². The number of nitrogens with zero attached hydrogens (tertiary/aromatic N) is 2. The highest BCUT2D eigenvalue weighted by atomic mass is 79.9. The maximum Gasteiger partial charge on any atom is 0.243 e. The van der Waals surface area contributed by atoms with Crippen molar-refractivity contribution < 1.29 is 8.42 Å². The highest BCUT2D eigenvalue weighted by molar-refractivity contribution is 9.10. The Balaban J connectivity index is 2.18. The van der Waals surface area contributed by atoms with Gasteiger partial charge in [0.25, 0.3) is 0 Å². The third-order valence-corrected chi connectivity index (χ3v) is 5.93. The lowest BCUT2D eigenvalue weighted by Gasteiger charge is -2.27. The van der Waals surface area contributed by atoms with Crippen molar-refractivity contribution in [3.63, 3.8) is 0 Å². The molecule has 0 bridgehead atoms. The number of fused-ring (bicyclic) bond motifs is 1. The van der Waals surface area contributed by atoms with Gasteiger partial charge in [0.1, 0.15) is 0 Å². The second-order valence-corrected chi connectivity index (χ2v) is 7.39. The zero-order valence-electron chi connectivity index (χ0n) is 10.7. The van der Waals surface area contributed by atoms with Gasteiger partial charge in [-0.25, -0.2) is 8.42 Å². The predicted octanol–water partition coefficient (Wildman–Crippen LogP) is 1.59. The third-order valence-electron chi connectivity index (χ3n) is 3.39. The Morgan fingerprint density at radius 2 is 1.95 bits per heavy atom. The summed E-state index contributed by atoms with van der Waals surface area (Å²) in [4.78, 5) is 4.42. The van der Waals surface area contributed by atoms with Crippen LogP contribution < -0.4 is 5.32 Å². The highest BCUT2D eigenvalue weighted by Crippen LogP contribution is 2.31. The van der Waals surface area contributed by atoms with Gasteiger partial charge >= 0.3 is 0 Å². The van der Waals surface area contributed by atoms with Gasteiger partial charge in [0.2, 0.25) is 10.0 Å². The molecule has 0 unspecified atom stereocenters. The zero-order chi connectivity index (χ0) is 14.2. The number of aromatic nitrogens is 1.